The molecule has 0 bridgehead atoms. The predicted molar refractivity (Wildman–Crippen MR) is 115 cm³/mol. The van der Waals surface area contributed by atoms with Crippen molar-refractivity contribution < 1.29 is 26.7 Å². The normalized spacial score (nSPS) is 12.6. The quantitative estimate of drug-likeness (QED) is 0.553. The minimum Gasteiger partial charge on any atom is -0.396 e. The zero-order valence-electron chi connectivity index (χ0n) is 17.5. The summed E-state index contributed by atoms with van der Waals surface area (Å²) in [5, 5.41) is 9.91. The molecule has 0 saturated carbocycles. The minimum atomic E-state index is -4.87. The Bertz CT molecular complexity index is 1300. The first kappa shape index (κ1) is 24.0. The molecule has 0 atom stereocenters. The molecule has 0 aliphatic heterocycles. The van der Waals surface area contributed by atoms with Gasteiger partial charge in [0.05, 0.1) is 16.0 Å². The number of benzene rings is 2. The van der Waals surface area contributed by atoms with E-state index in [0.717, 1.165) is 33.0 Å². The van der Waals surface area contributed by atoms with Crippen molar-refractivity contribution in [1.29, 1.82) is 0 Å². The third-order valence-electron chi connectivity index (χ3n) is 5.24. The fourth-order valence-corrected chi connectivity index (χ4v) is 5.19. The van der Waals surface area contributed by atoms with Crippen LogP contribution in [0.4, 0.5) is 13.2 Å². The maximum atomic E-state index is 13.5. The van der Waals surface area contributed by atoms with E-state index in [9.17, 15) is 31.5 Å². The van der Waals surface area contributed by atoms with E-state index in [-0.39, 0.29) is 25.1 Å². The highest BCUT2D eigenvalue weighted by Crippen LogP contribution is 2.35. The number of pyridine rings is 1. The van der Waals surface area contributed by atoms with E-state index in [1.54, 1.807) is 6.07 Å². The Hall–Kier alpha value is -2.69. The van der Waals surface area contributed by atoms with Gasteiger partial charge in [-0.3, -0.25) is 4.79 Å². The van der Waals surface area contributed by atoms with Crippen LogP contribution in [-0.4, -0.2) is 36.0 Å². The Kier molecular flexibility index (Phi) is 6.77. The number of hydrogen-bond acceptors (Lipinski definition) is 4. The molecular weight excluding hydrogens is 445 g/mol. The van der Waals surface area contributed by atoms with Gasteiger partial charge in [-0.1, -0.05) is 24.3 Å². The molecule has 0 unspecified atom stereocenters. The molecule has 0 saturated heterocycles. The number of nitrogens with one attached hydrogen (secondary N) is 1. The first-order valence-corrected chi connectivity index (χ1v) is 11.3. The fraction of sp³-hybridized carbons (Fsp3) is 0.318. The van der Waals surface area contributed by atoms with Crippen LogP contribution in [0.15, 0.2) is 52.2 Å². The molecule has 2 aromatic carbocycles. The minimum absolute atomic E-state index is 0.00294. The molecule has 6 nitrogen and oxygen atoms in total. The van der Waals surface area contributed by atoms with Crippen molar-refractivity contribution in [3.63, 3.8) is 0 Å². The van der Waals surface area contributed by atoms with Crippen LogP contribution in [-0.2, 0) is 22.7 Å². The number of H-pyrrole nitrogens is 1. The van der Waals surface area contributed by atoms with Crippen molar-refractivity contribution in [2.75, 3.05) is 13.2 Å². The van der Waals surface area contributed by atoms with E-state index >= 15 is 0 Å². The molecule has 0 aliphatic rings. The van der Waals surface area contributed by atoms with Gasteiger partial charge in [-0.2, -0.15) is 17.5 Å². The maximum absolute atomic E-state index is 13.5. The molecule has 1 heterocycles. The molecule has 1 aromatic heterocycles. The van der Waals surface area contributed by atoms with Gasteiger partial charge >= 0.3 is 6.18 Å². The van der Waals surface area contributed by atoms with Crippen molar-refractivity contribution in [3.05, 3.63) is 75.1 Å². The van der Waals surface area contributed by atoms with Crippen molar-refractivity contribution in [3.8, 4) is 0 Å². The lowest BCUT2D eigenvalue weighted by Crippen LogP contribution is -2.35. The second-order valence-corrected chi connectivity index (χ2v) is 9.43. The lowest BCUT2D eigenvalue weighted by atomic mass is 10.0. The number of fused-ring (bicyclic) bond motifs is 1. The molecule has 0 fully saturated rings. The summed E-state index contributed by atoms with van der Waals surface area (Å²) in [6.07, 6.45) is -4.88. The molecule has 3 rings (SSSR count). The van der Waals surface area contributed by atoms with Gasteiger partial charge in [0.25, 0.3) is 5.56 Å². The summed E-state index contributed by atoms with van der Waals surface area (Å²) in [7, 11) is -4.62. The molecule has 0 amide bonds. The zero-order chi connectivity index (χ0) is 23.7. The Morgan fingerprint density at radius 3 is 2.38 bits per heavy atom. The summed E-state index contributed by atoms with van der Waals surface area (Å²) < 4.78 is 67.7. The summed E-state index contributed by atoms with van der Waals surface area (Å²) in [5.41, 5.74) is 0.587. The first-order valence-electron chi connectivity index (χ1n) is 9.86. The van der Waals surface area contributed by atoms with E-state index in [1.807, 2.05) is 26.0 Å². The van der Waals surface area contributed by atoms with E-state index in [2.05, 4.69) is 4.98 Å². The summed E-state index contributed by atoms with van der Waals surface area (Å²) in [6, 6.07) is 9.18. The number of alkyl halides is 3. The molecule has 3 aromatic rings. The molecule has 32 heavy (non-hydrogen) atoms. The Morgan fingerprint density at radius 2 is 1.72 bits per heavy atom. The van der Waals surface area contributed by atoms with Gasteiger partial charge in [-0.15, -0.1) is 0 Å². The van der Waals surface area contributed by atoms with Crippen LogP contribution in [0.25, 0.3) is 10.9 Å². The van der Waals surface area contributed by atoms with E-state index in [1.165, 1.54) is 6.07 Å². The van der Waals surface area contributed by atoms with Crippen LogP contribution in [0, 0.1) is 13.8 Å². The lowest BCUT2D eigenvalue weighted by molar-refractivity contribution is -0.139. The number of aliphatic hydroxyl groups is 1. The Balaban J connectivity index is 2.12. The Morgan fingerprint density at radius 1 is 1.06 bits per heavy atom. The fourth-order valence-electron chi connectivity index (χ4n) is 3.52. The molecule has 0 radical (unpaired) electrons. The van der Waals surface area contributed by atoms with Crippen LogP contribution < -0.4 is 5.56 Å². The summed E-state index contributed by atoms with van der Waals surface area (Å²) in [6.45, 7) is 2.61. The van der Waals surface area contributed by atoms with E-state index < -0.39 is 38.8 Å². The summed E-state index contributed by atoms with van der Waals surface area (Å²) >= 11 is 0. The van der Waals surface area contributed by atoms with Crippen LogP contribution in [0.5, 0.6) is 0 Å². The number of rotatable bonds is 7. The number of aromatic nitrogens is 1. The highest BCUT2D eigenvalue weighted by Gasteiger charge is 2.38. The van der Waals surface area contributed by atoms with Crippen LogP contribution in [0.3, 0.4) is 0 Å². The largest absolute Gasteiger partial charge is 0.417 e. The highest BCUT2D eigenvalue weighted by molar-refractivity contribution is 7.89. The number of nitrogens with zero attached hydrogens (tertiary/aromatic N) is 1. The number of hydrogen-bond donors (Lipinski definition) is 2. The summed E-state index contributed by atoms with van der Waals surface area (Å²) in [4.78, 5) is 14.5. The van der Waals surface area contributed by atoms with Gasteiger partial charge in [0.1, 0.15) is 0 Å². The van der Waals surface area contributed by atoms with Crippen LogP contribution in [0.2, 0.25) is 0 Å². The lowest BCUT2D eigenvalue weighted by Gasteiger charge is -2.24. The molecular formula is C22H23F3N2O4S. The third-order valence-corrected chi connectivity index (χ3v) is 7.15. The van der Waals surface area contributed by atoms with Gasteiger partial charge in [0.15, 0.2) is 0 Å². The molecule has 172 valence electrons. The monoisotopic (exact) mass is 468 g/mol. The number of aryl methyl sites for hydroxylation is 2. The smallest absolute Gasteiger partial charge is 0.396 e. The van der Waals surface area contributed by atoms with Crippen molar-refractivity contribution >= 4 is 20.9 Å². The number of aromatic amines is 1. The molecule has 2 N–H and O–H groups in total. The van der Waals surface area contributed by atoms with Crippen molar-refractivity contribution in [2.24, 2.45) is 0 Å². The standard InChI is InChI=1S/C22H23F3N2O4S/c1-14-8-9-15(2)20-17(14)12-16(21(29)26-20)13-27(10-5-11-28)32(30,31)19-7-4-3-6-18(19)22(23,24)25/h3-4,6-9,12,28H,5,10-11,13H2,1-2H3,(H,26,29). The van der Waals surface area contributed by atoms with Gasteiger partial charge in [0.2, 0.25) is 10.0 Å². The van der Waals surface area contributed by atoms with Gasteiger partial charge < -0.3 is 10.1 Å². The third kappa shape index (κ3) is 4.72. The predicted octanol–water partition coefficient (Wildman–Crippen LogP) is 3.74. The van der Waals surface area contributed by atoms with Crippen molar-refractivity contribution in [1.82, 2.24) is 9.29 Å². The zero-order valence-corrected chi connectivity index (χ0v) is 18.3. The molecule has 0 spiro atoms. The van der Waals surface area contributed by atoms with Crippen LogP contribution in [0.1, 0.15) is 28.7 Å². The number of sulfonamides is 1. The maximum Gasteiger partial charge on any atom is 0.417 e. The van der Waals surface area contributed by atoms with Crippen molar-refractivity contribution in [2.45, 2.75) is 37.9 Å². The average Bonchev–Trinajstić information content (AvgIpc) is 2.73. The topological polar surface area (TPSA) is 90.5 Å². The van der Waals surface area contributed by atoms with Crippen LogP contribution >= 0.6 is 0 Å². The second kappa shape index (κ2) is 9.05. The van der Waals surface area contributed by atoms with E-state index in [4.69, 9.17) is 0 Å². The summed E-state index contributed by atoms with van der Waals surface area (Å²) in [5.74, 6) is 0. The second-order valence-electron chi connectivity index (χ2n) is 7.52. The number of halogens is 3. The Labute approximate surface area is 183 Å². The van der Waals surface area contributed by atoms with Gasteiger partial charge in [0, 0.05) is 30.6 Å². The highest BCUT2D eigenvalue weighted by atomic mass is 32.2. The SMILES string of the molecule is Cc1ccc(C)c2[nH]c(=O)c(CN(CCCO)S(=O)(=O)c3ccccc3C(F)(F)F)cc12. The first-order chi connectivity index (χ1) is 15.0. The average molecular weight is 468 g/mol. The van der Waals surface area contributed by atoms with Gasteiger partial charge in [-0.25, -0.2) is 8.42 Å². The molecule has 10 heteroatoms. The van der Waals surface area contributed by atoms with Gasteiger partial charge in [-0.05, 0) is 49.6 Å². The van der Waals surface area contributed by atoms with E-state index in [0.29, 0.717) is 11.6 Å². The number of aliphatic hydroxyl groups excluding tert-OH is 1. The molecule has 0 aliphatic carbocycles.